The van der Waals surface area contributed by atoms with Crippen molar-refractivity contribution in [2.75, 3.05) is 0 Å². The molecule has 1 heterocycles. The Morgan fingerprint density at radius 2 is 2.00 bits per heavy atom. The molecule has 0 saturated heterocycles. The van der Waals surface area contributed by atoms with Crippen molar-refractivity contribution < 1.29 is 0 Å². The van der Waals surface area contributed by atoms with Gasteiger partial charge in [0.05, 0.1) is 0 Å². The molecule has 2 aliphatic carbocycles. The number of rotatable bonds is 0. The van der Waals surface area contributed by atoms with Crippen molar-refractivity contribution in [2.24, 2.45) is 15.4 Å². The van der Waals surface area contributed by atoms with Crippen molar-refractivity contribution in [3.8, 4) is 0 Å². The number of allylic oxidation sites excluding steroid dienone is 7. The second kappa shape index (κ2) is 1.88. The maximum absolute atomic E-state index is 3.88. The molecule has 0 aromatic rings. The maximum atomic E-state index is 3.88. The molecule has 0 amide bonds. The molecule has 0 spiro atoms. The Balaban J connectivity index is 2.15. The quantitative estimate of drug-likeness (QED) is 0.514. The van der Waals surface area contributed by atoms with Crippen LogP contribution in [0.25, 0.3) is 0 Å². The third kappa shape index (κ3) is 0.733. The fraction of sp³-hybridized carbons (Fsp3) is 0. The molecule has 0 aromatic carbocycles. The Bertz CT molecular complexity index is 431. The van der Waals surface area contributed by atoms with Gasteiger partial charge >= 0.3 is 0 Å². The minimum Gasteiger partial charge on any atom is -0.128 e. The fourth-order valence-electron chi connectivity index (χ4n) is 1.22. The van der Waals surface area contributed by atoms with Gasteiger partial charge in [0.2, 0.25) is 0 Å². The van der Waals surface area contributed by atoms with E-state index in [-0.39, 0.29) is 0 Å². The summed E-state index contributed by atoms with van der Waals surface area (Å²) in [7, 11) is 0. The minimum atomic E-state index is 0.845. The highest BCUT2D eigenvalue weighted by atomic mass is 15.4. The van der Waals surface area contributed by atoms with Gasteiger partial charge in [-0.05, 0) is 34.6 Å². The molecule has 0 unspecified atom stereocenters. The van der Waals surface area contributed by atoms with Crippen LogP contribution in [-0.4, -0.2) is 5.71 Å². The second-order valence-corrected chi connectivity index (χ2v) is 2.78. The first kappa shape index (κ1) is 5.83. The first-order chi connectivity index (χ1) is 5.93. The van der Waals surface area contributed by atoms with Gasteiger partial charge in [-0.3, -0.25) is 0 Å². The summed E-state index contributed by atoms with van der Waals surface area (Å²) in [4.78, 5) is 0. The van der Waals surface area contributed by atoms with E-state index in [0.717, 1.165) is 11.4 Å². The Morgan fingerprint density at radius 1 is 1.00 bits per heavy atom. The average Bonchev–Trinajstić information content (AvgIpc) is 2.63. The summed E-state index contributed by atoms with van der Waals surface area (Å²) in [6, 6.07) is 0. The summed E-state index contributed by atoms with van der Waals surface area (Å²) in [5.41, 5.74) is 4.25. The largest absolute Gasteiger partial charge is 0.128 e. The van der Waals surface area contributed by atoms with Crippen LogP contribution in [0.15, 0.2) is 62.7 Å². The van der Waals surface area contributed by atoms with Crippen molar-refractivity contribution in [1.29, 1.82) is 0 Å². The monoisotopic (exact) mass is 155 g/mol. The summed E-state index contributed by atoms with van der Waals surface area (Å²) in [6.07, 6.45) is 10.1. The van der Waals surface area contributed by atoms with Gasteiger partial charge in [0.25, 0.3) is 0 Å². The van der Waals surface area contributed by atoms with Crippen LogP contribution in [0.2, 0.25) is 0 Å². The molecular formula is C9H5N3. The summed E-state index contributed by atoms with van der Waals surface area (Å²) in [5, 5.41) is 11.3. The van der Waals surface area contributed by atoms with Crippen molar-refractivity contribution >= 4 is 5.71 Å². The van der Waals surface area contributed by atoms with E-state index in [1.165, 1.54) is 11.1 Å². The first-order valence-electron chi connectivity index (χ1n) is 3.75. The number of nitrogens with zero attached hydrogens (tertiary/aromatic N) is 3. The van der Waals surface area contributed by atoms with Gasteiger partial charge in [0, 0.05) is 0 Å². The van der Waals surface area contributed by atoms with Crippen molar-refractivity contribution in [3.05, 3.63) is 47.2 Å². The first-order valence-corrected chi connectivity index (χ1v) is 3.75. The Hall–Kier alpha value is -1.77. The van der Waals surface area contributed by atoms with E-state index in [9.17, 15) is 0 Å². The molecule has 0 N–H and O–H groups in total. The summed E-state index contributed by atoms with van der Waals surface area (Å²) >= 11 is 0. The molecule has 3 aliphatic rings. The van der Waals surface area contributed by atoms with Crippen molar-refractivity contribution in [1.82, 2.24) is 0 Å². The van der Waals surface area contributed by atoms with E-state index >= 15 is 0 Å². The van der Waals surface area contributed by atoms with Gasteiger partial charge in [-0.2, -0.15) is 0 Å². The van der Waals surface area contributed by atoms with E-state index < -0.39 is 0 Å². The third-order valence-electron chi connectivity index (χ3n) is 1.97. The molecule has 1 aliphatic heterocycles. The van der Waals surface area contributed by atoms with Crippen molar-refractivity contribution in [3.63, 3.8) is 0 Å². The lowest BCUT2D eigenvalue weighted by molar-refractivity contribution is 1.09. The van der Waals surface area contributed by atoms with Gasteiger partial charge in [0.15, 0.2) is 0 Å². The van der Waals surface area contributed by atoms with Gasteiger partial charge in [0.1, 0.15) is 11.4 Å². The van der Waals surface area contributed by atoms with Crippen LogP contribution in [0.3, 0.4) is 0 Å². The van der Waals surface area contributed by atoms with E-state index in [4.69, 9.17) is 0 Å². The van der Waals surface area contributed by atoms with Crippen LogP contribution in [-0.2, 0) is 0 Å². The zero-order valence-corrected chi connectivity index (χ0v) is 6.23. The highest BCUT2D eigenvalue weighted by molar-refractivity contribution is 6.09. The van der Waals surface area contributed by atoms with E-state index in [0.29, 0.717) is 0 Å². The lowest BCUT2D eigenvalue weighted by Crippen LogP contribution is -1.92. The normalized spacial score (nSPS) is 34.0. The van der Waals surface area contributed by atoms with Gasteiger partial charge in [-0.25, -0.2) is 0 Å². The molecule has 0 radical (unpaired) electrons. The van der Waals surface area contributed by atoms with Crippen LogP contribution < -0.4 is 0 Å². The van der Waals surface area contributed by atoms with Gasteiger partial charge < -0.3 is 0 Å². The van der Waals surface area contributed by atoms with Crippen LogP contribution in [0.1, 0.15) is 0 Å². The second-order valence-electron chi connectivity index (χ2n) is 2.78. The standard InChI is InChI=1S/C9H5N3/c1-3-8-9(11-12-10-8)4-2-7-5-6(1)7/h1-5H/b3-1-,4-2?,6-1?,7-2-,8-3?,9-4+. The van der Waals surface area contributed by atoms with Crippen LogP contribution in [0, 0.1) is 0 Å². The molecule has 56 valence electrons. The summed E-state index contributed by atoms with van der Waals surface area (Å²) in [5.74, 6) is 0. The van der Waals surface area contributed by atoms with Gasteiger partial charge in [-0.1, -0.05) is 12.2 Å². The highest BCUT2D eigenvalue weighted by Gasteiger charge is 2.16. The lowest BCUT2D eigenvalue weighted by Gasteiger charge is -1.92. The molecule has 3 nitrogen and oxygen atoms in total. The topological polar surface area (TPSA) is 37.1 Å². The molecular weight excluding hydrogens is 150 g/mol. The van der Waals surface area contributed by atoms with Crippen molar-refractivity contribution in [2.45, 2.75) is 0 Å². The highest BCUT2D eigenvalue weighted by Crippen LogP contribution is 2.31. The molecule has 12 heavy (non-hydrogen) atoms. The molecule has 0 bridgehead atoms. The van der Waals surface area contributed by atoms with Gasteiger partial charge in [-0.15, -0.1) is 10.2 Å². The van der Waals surface area contributed by atoms with E-state index in [2.05, 4.69) is 21.5 Å². The summed E-state index contributed by atoms with van der Waals surface area (Å²) in [6.45, 7) is 0. The Morgan fingerprint density at radius 3 is 3.00 bits per heavy atom. The van der Waals surface area contributed by atoms with Crippen LogP contribution >= 0.6 is 0 Å². The Kier molecular flexibility index (Phi) is 0.913. The molecule has 3 heteroatoms. The third-order valence-corrected chi connectivity index (χ3v) is 1.97. The Labute approximate surface area is 69.2 Å². The number of fused-ring (bicyclic) bond motifs is 2. The van der Waals surface area contributed by atoms with E-state index in [1.54, 1.807) is 0 Å². The smallest absolute Gasteiger partial charge is 0.115 e. The molecule has 0 saturated carbocycles. The zero-order valence-electron chi connectivity index (χ0n) is 6.23. The van der Waals surface area contributed by atoms with E-state index in [1.807, 2.05) is 24.3 Å². The predicted molar refractivity (Wildman–Crippen MR) is 45.7 cm³/mol. The van der Waals surface area contributed by atoms with Crippen LogP contribution in [0.4, 0.5) is 0 Å². The molecule has 0 fully saturated rings. The zero-order chi connectivity index (χ0) is 7.97. The maximum Gasteiger partial charge on any atom is 0.115 e. The summed E-state index contributed by atoms with van der Waals surface area (Å²) < 4.78 is 0. The number of hydrogen-bond donors (Lipinski definition) is 0. The molecule has 0 aromatic heterocycles. The molecule has 3 rings (SSSR count). The lowest BCUT2D eigenvalue weighted by atomic mass is 10.2. The van der Waals surface area contributed by atoms with Crippen LogP contribution in [0.5, 0.6) is 0 Å². The molecule has 0 atom stereocenters. The SMILES string of the molecule is C1=C2/C=C\C3=NN=N/C3=C/C=C1\2. The minimum absolute atomic E-state index is 0.845. The number of hydrogen-bond acceptors (Lipinski definition) is 3. The fourth-order valence-corrected chi connectivity index (χ4v) is 1.22. The average molecular weight is 155 g/mol. The predicted octanol–water partition coefficient (Wildman–Crippen LogP) is 2.13.